The molecule has 1 fully saturated rings. The summed E-state index contributed by atoms with van der Waals surface area (Å²) < 4.78 is 6.37. The summed E-state index contributed by atoms with van der Waals surface area (Å²) in [5, 5.41) is 3.10. The summed E-state index contributed by atoms with van der Waals surface area (Å²) in [6.07, 6.45) is 0. The quantitative estimate of drug-likeness (QED) is 0.815. The predicted octanol–water partition coefficient (Wildman–Crippen LogP) is 1.91. The fraction of sp³-hybridized carbons (Fsp3) is 0.455. The van der Waals surface area contributed by atoms with Gasteiger partial charge in [0.15, 0.2) is 0 Å². The third-order valence-corrected chi connectivity index (χ3v) is 3.20. The van der Waals surface area contributed by atoms with Crippen LogP contribution in [0.4, 0.5) is 17.1 Å². The molecular formula is C11H16BrN3O. The molecule has 0 amide bonds. The van der Waals surface area contributed by atoms with Crippen LogP contribution in [0.3, 0.4) is 0 Å². The van der Waals surface area contributed by atoms with Crippen LogP contribution in [0.2, 0.25) is 0 Å². The maximum atomic E-state index is 6.13. The zero-order valence-corrected chi connectivity index (χ0v) is 10.9. The van der Waals surface area contributed by atoms with Crippen LogP contribution in [0.25, 0.3) is 0 Å². The number of halogens is 1. The molecule has 16 heavy (non-hydrogen) atoms. The molecule has 1 aromatic carbocycles. The van der Waals surface area contributed by atoms with Gasteiger partial charge in [-0.25, -0.2) is 0 Å². The fourth-order valence-corrected chi connectivity index (χ4v) is 2.32. The van der Waals surface area contributed by atoms with Crippen LogP contribution >= 0.6 is 15.9 Å². The first-order chi connectivity index (χ1) is 7.72. The lowest BCUT2D eigenvalue weighted by molar-refractivity contribution is 0.123. The molecule has 0 radical (unpaired) electrons. The summed E-state index contributed by atoms with van der Waals surface area (Å²) in [6, 6.07) is 4.04. The van der Waals surface area contributed by atoms with Crippen molar-refractivity contribution in [1.82, 2.24) is 0 Å². The summed E-state index contributed by atoms with van der Waals surface area (Å²) in [6.45, 7) is 3.31. The first-order valence-electron chi connectivity index (χ1n) is 5.32. The van der Waals surface area contributed by atoms with Crippen molar-refractivity contribution < 1.29 is 4.74 Å². The maximum absolute atomic E-state index is 6.13. The minimum atomic E-state index is 0.765. The van der Waals surface area contributed by atoms with Gasteiger partial charge in [-0.1, -0.05) is 15.9 Å². The highest BCUT2D eigenvalue weighted by atomic mass is 79.9. The Balaban J connectivity index is 2.34. The smallest absolute Gasteiger partial charge is 0.0788 e. The van der Waals surface area contributed by atoms with Gasteiger partial charge in [0.25, 0.3) is 0 Å². The largest absolute Gasteiger partial charge is 0.395 e. The van der Waals surface area contributed by atoms with Gasteiger partial charge in [0, 0.05) is 24.6 Å². The minimum Gasteiger partial charge on any atom is -0.395 e. The lowest BCUT2D eigenvalue weighted by atomic mass is 10.2. The van der Waals surface area contributed by atoms with Gasteiger partial charge in [-0.15, -0.1) is 0 Å². The molecule has 0 atom stereocenters. The average molecular weight is 286 g/mol. The Hall–Kier alpha value is -0.940. The Bertz CT molecular complexity index is 378. The first kappa shape index (κ1) is 11.5. The van der Waals surface area contributed by atoms with Gasteiger partial charge < -0.3 is 20.7 Å². The Labute approximate surface area is 104 Å². The molecule has 1 aliphatic rings. The highest BCUT2D eigenvalue weighted by Gasteiger charge is 2.16. The molecule has 0 unspecified atom stereocenters. The lowest BCUT2D eigenvalue weighted by Crippen LogP contribution is -2.36. The number of hydrogen-bond donors (Lipinski definition) is 2. The van der Waals surface area contributed by atoms with E-state index in [1.54, 1.807) is 0 Å². The molecule has 0 spiro atoms. The SMILES string of the molecule is CNc1cc(Br)cc(N2CCOCC2)c1N. The zero-order valence-electron chi connectivity index (χ0n) is 9.29. The molecule has 1 saturated heterocycles. The summed E-state index contributed by atoms with van der Waals surface area (Å²) >= 11 is 3.50. The summed E-state index contributed by atoms with van der Waals surface area (Å²) in [5.74, 6) is 0. The second kappa shape index (κ2) is 4.93. The zero-order chi connectivity index (χ0) is 11.5. The summed E-state index contributed by atoms with van der Waals surface area (Å²) in [5.41, 5.74) is 8.95. The molecule has 0 aliphatic carbocycles. The predicted molar refractivity (Wildman–Crippen MR) is 71.1 cm³/mol. The van der Waals surface area contributed by atoms with Crippen LogP contribution in [0.5, 0.6) is 0 Å². The average Bonchev–Trinajstić information content (AvgIpc) is 2.33. The van der Waals surface area contributed by atoms with Crippen molar-refractivity contribution in [2.24, 2.45) is 0 Å². The third-order valence-electron chi connectivity index (χ3n) is 2.74. The number of nitrogen functional groups attached to an aromatic ring is 1. The maximum Gasteiger partial charge on any atom is 0.0788 e. The Kier molecular flexibility index (Phi) is 3.56. The molecule has 1 aromatic rings. The molecule has 3 N–H and O–H groups in total. The van der Waals surface area contributed by atoms with Gasteiger partial charge in [-0.2, -0.15) is 0 Å². The standard InChI is InChI=1S/C11H16BrN3O/c1-14-9-6-8(12)7-10(11(9)13)15-2-4-16-5-3-15/h6-7,14H,2-5,13H2,1H3. The van der Waals surface area contributed by atoms with E-state index in [1.165, 1.54) is 0 Å². The summed E-state index contributed by atoms with van der Waals surface area (Å²) in [7, 11) is 1.88. The second-order valence-corrected chi connectivity index (χ2v) is 4.65. The number of hydrogen-bond acceptors (Lipinski definition) is 4. The number of benzene rings is 1. The third kappa shape index (κ3) is 2.25. The number of rotatable bonds is 2. The molecule has 0 aromatic heterocycles. The van der Waals surface area contributed by atoms with E-state index in [-0.39, 0.29) is 0 Å². The number of nitrogens with one attached hydrogen (secondary N) is 1. The van der Waals surface area contributed by atoms with Crippen LogP contribution in [-0.4, -0.2) is 33.4 Å². The van der Waals surface area contributed by atoms with Gasteiger partial charge in [-0.05, 0) is 12.1 Å². The van der Waals surface area contributed by atoms with E-state index in [9.17, 15) is 0 Å². The molecule has 1 heterocycles. The van der Waals surface area contributed by atoms with Crippen LogP contribution in [0.1, 0.15) is 0 Å². The van der Waals surface area contributed by atoms with Gasteiger partial charge in [-0.3, -0.25) is 0 Å². The molecule has 0 saturated carbocycles. The van der Waals surface area contributed by atoms with E-state index in [2.05, 4.69) is 32.2 Å². The van der Waals surface area contributed by atoms with Crippen LogP contribution < -0.4 is 16.0 Å². The Morgan fingerprint density at radius 2 is 2.06 bits per heavy atom. The van der Waals surface area contributed by atoms with E-state index in [0.717, 1.165) is 47.8 Å². The van der Waals surface area contributed by atoms with Gasteiger partial charge in [0.2, 0.25) is 0 Å². The monoisotopic (exact) mass is 285 g/mol. The van der Waals surface area contributed by atoms with Crippen molar-refractivity contribution in [2.45, 2.75) is 0 Å². The highest BCUT2D eigenvalue weighted by Crippen LogP contribution is 2.34. The highest BCUT2D eigenvalue weighted by molar-refractivity contribution is 9.10. The van der Waals surface area contributed by atoms with Crippen LogP contribution in [0.15, 0.2) is 16.6 Å². The van der Waals surface area contributed by atoms with Crippen molar-refractivity contribution in [3.63, 3.8) is 0 Å². The normalized spacial score (nSPS) is 16.2. The van der Waals surface area contributed by atoms with E-state index in [1.807, 2.05) is 13.1 Å². The number of anilines is 3. The van der Waals surface area contributed by atoms with Crippen molar-refractivity contribution >= 4 is 33.0 Å². The topological polar surface area (TPSA) is 50.5 Å². The first-order valence-corrected chi connectivity index (χ1v) is 6.11. The minimum absolute atomic E-state index is 0.765. The summed E-state index contributed by atoms with van der Waals surface area (Å²) in [4.78, 5) is 2.25. The van der Waals surface area contributed by atoms with Crippen molar-refractivity contribution in [1.29, 1.82) is 0 Å². The van der Waals surface area contributed by atoms with E-state index in [4.69, 9.17) is 10.5 Å². The van der Waals surface area contributed by atoms with E-state index < -0.39 is 0 Å². The Morgan fingerprint density at radius 1 is 1.38 bits per heavy atom. The number of nitrogens with zero attached hydrogens (tertiary/aromatic N) is 1. The molecule has 88 valence electrons. The van der Waals surface area contributed by atoms with Crippen LogP contribution in [-0.2, 0) is 4.74 Å². The lowest BCUT2D eigenvalue weighted by Gasteiger charge is -2.30. The van der Waals surface area contributed by atoms with Gasteiger partial charge >= 0.3 is 0 Å². The molecular weight excluding hydrogens is 270 g/mol. The molecule has 1 aliphatic heterocycles. The van der Waals surface area contributed by atoms with Crippen molar-refractivity contribution in [2.75, 3.05) is 49.3 Å². The van der Waals surface area contributed by atoms with Crippen molar-refractivity contribution in [3.05, 3.63) is 16.6 Å². The number of ether oxygens (including phenoxy) is 1. The molecule has 4 nitrogen and oxygen atoms in total. The van der Waals surface area contributed by atoms with E-state index >= 15 is 0 Å². The molecule has 2 rings (SSSR count). The Morgan fingerprint density at radius 3 is 2.69 bits per heavy atom. The number of morpholine rings is 1. The van der Waals surface area contributed by atoms with E-state index in [0.29, 0.717) is 0 Å². The van der Waals surface area contributed by atoms with Crippen molar-refractivity contribution in [3.8, 4) is 0 Å². The fourth-order valence-electron chi connectivity index (χ4n) is 1.88. The number of nitrogens with two attached hydrogens (primary N) is 1. The molecule has 5 heteroatoms. The van der Waals surface area contributed by atoms with Gasteiger partial charge in [0.05, 0.1) is 30.3 Å². The molecule has 0 bridgehead atoms. The second-order valence-electron chi connectivity index (χ2n) is 3.74. The van der Waals surface area contributed by atoms with Gasteiger partial charge in [0.1, 0.15) is 0 Å². The van der Waals surface area contributed by atoms with Crippen LogP contribution in [0, 0.1) is 0 Å².